The van der Waals surface area contributed by atoms with Gasteiger partial charge in [0.2, 0.25) is 5.95 Å². The van der Waals surface area contributed by atoms with E-state index in [2.05, 4.69) is 15.3 Å². The number of amides is 1. The van der Waals surface area contributed by atoms with E-state index in [4.69, 9.17) is 5.73 Å². The fourth-order valence-corrected chi connectivity index (χ4v) is 3.08. The van der Waals surface area contributed by atoms with E-state index < -0.39 is 0 Å². The number of nitrogens with two attached hydrogens (primary N) is 1. The second-order valence-electron chi connectivity index (χ2n) is 5.07. The number of hydrogen-bond acceptors (Lipinski definition) is 5. The van der Waals surface area contributed by atoms with Gasteiger partial charge in [0.15, 0.2) is 0 Å². The smallest absolute Gasteiger partial charge is 0.261 e. The first-order chi connectivity index (χ1) is 11.1. The van der Waals surface area contributed by atoms with Crippen LogP contribution >= 0.6 is 11.3 Å². The first kappa shape index (κ1) is 15.2. The van der Waals surface area contributed by atoms with E-state index in [1.165, 1.54) is 11.3 Å². The molecule has 3 N–H and O–H groups in total. The lowest BCUT2D eigenvalue weighted by Gasteiger charge is -2.13. The number of carbonyl (C=O) groups is 1. The van der Waals surface area contributed by atoms with Crippen molar-refractivity contribution in [2.24, 2.45) is 0 Å². The van der Waals surface area contributed by atoms with Crippen LogP contribution in [-0.4, -0.2) is 15.9 Å². The summed E-state index contributed by atoms with van der Waals surface area (Å²) in [4.78, 5) is 21.9. The molecule has 0 radical (unpaired) electrons. The molecule has 0 saturated heterocycles. The largest absolute Gasteiger partial charge is 0.368 e. The maximum Gasteiger partial charge on any atom is 0.261 e. The van der Waals surface area contributed by atoms with E-state index in [1.54, 1.807) is 18.3 Å². The molecule has 2 aromatic heterocycles. The first-order valence-corrected chi connectivity index (χ1v) is 7.99. The van der Waals surface area contributed by atoms with Gasteiger partial charge in [-0.1, -0.05) is 30.3 Å². The van der Waals surface area contributed by atoms with Crippen LogP contribution in [0, 0.1) is 0 Å². The molecule has 5 nitrogen and oxygen atoms in total. The third kappa shape index (κ3) is 3.54. The fourth-order valence-electron chi connectivity index (χ4n) is 2.20. The number of carbonyl (C=O) groups excluding carboxylic acids is 1. The molecule has 0 spiro atoms. The molecule has 3 aromatic rings. The van der Waals surface area contributed by atoms with E-state index in [0.29, 0.717) is 4.88 Å². The second-order valence-corrected chi connectivity index (χ2v) is 6.15. The molecule has 0 bridgehead atoms. The summed E-state index contributed by atoms with van der Waals surface area (Å²) in [6, 6.07) is 15.3. The van der Waals surface area contributed by atoms with Gasteiger partial charge >= 0.3 is 0 Å². The zero-order chi connectivity index (χ0) is 16.2. The monoisotopic (exact) mass is 324 g/mol. The summed E-state index contributed by atoms with van der Waals surface area (Å²) >= 11 is 1.38. The maximum atomic E-state index is 12.4. The highest BCUT2D eigenvalue weighted by Crippen LogP contribution is 2.27. The van der Waals surface area contributed by atoms with E-state index in [9.17, 15) is 4.79 Å². The van der Waals surface area contributed by atoms with Gasteiger partial charge in [-0.3, -0.25) is 4.79 Å². The highest BCUT2D eigenvalue weighted by Gasteiger charge is 2.14. The number of nitrogens with zero attached hydrogens (tertiary/aromatic N) is 2. The summed E-state index contributed by atoms with van der Waals surface area (Å²) < 4.78 is 0. The summed E-state index contributed by atoms with van der Waals surface area (Å²) in [5.41, 5.74) is 7.39. The van der Waals surface area contributed by atoms with Gasteiger partial charge in [-0.25, -0.2) is 9.97 Å². The van der Waals surface area contributed by atoms with E-state index in [-0.39, 0.29) is 17.9 Å². The second kappa shape index (κ2) is 6.58. The SMILES string of the molecule is C[C@H](NC(=O)c1ccc(-c2ccnc(N)n2)s1)c1ccccc1. The molecule has 23 heavy (non-hydrogen) atoms. The first-order valence-electron chi connectivity index (χ1n) is 7.18. The van der Waals surface area contributed by atoms with Crippen molar-refractivity contribution in [1.29, 1.82) is 0 Å². The number of anilines is 1. The molecule has 1 atom stereocenters. The standard InChI is InChI=1S/C17H16N4OS/c1-11(12-5-3-2-4-6-12)20-16(22)15-8-7-14(23-15)13-9-10-19-17(18)21-13/h2-11H,1H3,(H,20,22)(H2,18,19,21)/t11-/m0/s1. The van der Waals surface area contributed by atoms with Crippen LogP contribution in [0.3, 0.4) is 0 Å². The minimum Gasteiger partial charge on any atom is -0.368 e. The van der Waals surface area contributed by atoms with Crippen molar-refractivity contribution in [3.8, 4) is 10.6 Å². The molecular formula is C17H16N4OS. The van der Waals surface area contributed by atoms with Gasteiger partial charge < -0.3 is 11.1 Å². The molecule has 0 unspecified atom stereocenters. The van der Waals surface area contributed by atoms with Crippen molar-refractivity contribution in [2.45, 2.75) is 13.0 Å². The molecule has 116 valence electrons. The highest BCUT2D eigenvalue weighted by atomic mass is 32.1. The predicted molar refractivity (Wildman–Crippen MR) is 92.1 cm³/mol. The minimum absolute atomic E-state index is 0.0519. The Morgan fingerprint density at radius 1 is 1.17 bits per heavy atom. The Labute approximate surface area is 138 Å². The summed E-state index contributed by atoms with van der Waals surface area (Å²) in [6.07, 6.45) is 1.61. The lowest BCUT2D eigenvalue weighted by molar-refractivity contribution is 0.0944. The average molecular weight is 324 g/mol. The van der Waals surface area contributed by atoms with Crippen molar-refractivity contribution in [1.82, 2.24) is 15.3 Å². The van der Waals surface area contributed by atoms with E-state index in [0.717, 1.165) is 16.1 Å². The number of nitrogens with one attached hydrogen (secondary N) is 1. The van der Waals surface area contributed by atoms with Crippen LogP contribution in [0.2, 0.25) is 0 Å². The number of benzene rings is 1. The molecule has 0 aliphatic carbocycles. The van der Waals surface area contributed by atoms with Crippen LogP contribution in [0.5, 0.6) is 0 Å². The molecule has 2 heterocycles. The van der Waals surface area contributed by atoms with Crippen LogP contribution < -0.4 is 11.1 Å². The molecule has 0 saturated carbocycles. The predicted octanol–water partition coefficient (Wildman–Crippen LogP) is 3.28. The van der Waals surface area contributed by atoms with E-state index >= 15 is 0 Å². The zero-order valence-corrected chi connectivity index (χ0v) is 13.4. The van der Waals surface area contributed by atoms with E-state index in [1.807, 2.05) is 43.3 Å². The molecule has 1 amide bonds. The Morgan fingerprint density at radius 2 is 1.96 bits per heavy atom. The Morgan fingerprint density at radius 3 is 2.70 bits per heavy atom. The number of aromatic nitrogens is 2. The lowest BCUT2D eigenvalue weighted by Crippen LogP contribution is -2.25. The molecular weight excluding hydrogens is 308 g/mol. The highest BCUT2D eigenvalue weighted by molar-refractivity contribution is 7.17. The van der Waals surface area contributed by atoms with Crippen LogP contribution in [-0.2, 0) is 0 Å². The summed E-state index contributed by atoms with van der Waals surface area (Å²) in [5, 5.41) is 3.00. The van der Waals surface area contributed by atoms with Crippen molar-refractivity contribution >= 4 is 23.2 Å². The topological polar surface area (TPSA) is 80.9 Å². The molecule has 6 heteroatoms. The fraction of sp³-hybridized carbons (Fsp3) is 0.118. The van der Waals surface area contributed by atoms with Crippen molar-refractivity contribution in [3.05, 3.63) is 65.2 Å². The van der Waals surface area contributed by atoms with Gasteiger partial charge in [-0.05, 0) is 30.7 Å². The van der Waals surface area contributed by atoms with Crippen molar-refractivity contribution in [2.75, 3.05) is 5.73 Å². The van der Waals surface area contributed by atoms with Crippen LogP contribution in [0.15, 0.2) is 54.7 Å². The van der Waals surface area contributed by atoms with Gasteiger partial charge in [0.05, 0.1) is 21.5 Å². The Hall–Kier alpha value is -2.73. The van der Waals surface area contributed by atoms with Crippen LogP contribution in [0.25, 0.3) is 10.6 Å². The average Bonchev–Trinajstić information content (AvgIpc) is 3.06. The maximum absolute atomic E-state index is 12.4. The van der Waals surface area contributed by atoms with Crippen LogP contribution in [0.1, 0.15) is 28.2 Å². The molecule has 0 aliphatic heterocycles. The Kier molecular flexibility index (Phi) is 4.34. The van der Waals surface area contributed by atoms with Gasteiger partial charge in [0.1, 0.15) is 0 Å². The molecule has 3 rings (SSSR count). The number of thiophene rings is 1. The number of nitrogen functional groups attached to an aromatic ring is 1. The van der Waals surface area contributed by atoms with Crippen molar-refractivity contribution in [3.63, 3.8) is 0 Å². The lowest BCUT2D eigenvalue weighted by atomic mass is 10.1. The normalized spacial score (nSPS) is 11.9. The molecule has 1 aromatic carbocycles. The molecule has 0 fully saturated rings. The third-order valence-electron chi connectivity index (χ3n) is 3.40. The number of hydrogen-bond donors (Lipinski definition) is 2. The Balaban J connectivity index is 1.74. The summed E-state index contributed by atoms with van der Waals surface area (Å²) in [6.45, 7) is 1.97. The molecule has 0 aliphatic rings. The van der Waals surface area contributed by atoms with Gasteiger partial charge in [-0.15, -0.1) is 11.3 Å². The minimum atomic E-state index is -0.0976. The quantitative estimate of drug-likeness (QED) is 0.772. The van der Waals surface area contributed by atoms with Crippen LogP contribution in [0.4, 0.5) is 5.95 Å². The van der Waals surface area contributed by atoms with Gasteiger partial charge in [-0.2, -0.15) is 0 Å². The third-order valence-corrected chi connectivity index (χ3v) is 4.51. The Bertz CT molecular complexity index is 816. The summed E-state index contributed by atoms with van der Waals surface area (Å²) in [5.74, 6) is 0.124. The summed E-state index contributed by atoms with van der Waals surface area (Å²) in [7, 11) is 0. The van der Waals surface area contributed by atoms with Crippen molar-refractivity contribution < 1.29 is 4.79 Å². The van der Waals surface area contributed by atoms with Gasteiger partial charge in [0.25, 0.3) is 5.91 Å². The van der Waals surface area contributed by atoms with Gasteiger partial charge in [0, 0.05) is 6.20 Å². The number of rotatable bonds is 4. The zero-order valence-electron chi connectivity index (χ0n) is 12.6.